The molecule has 0 aliphatic carbocycles. The Bertz CT molecular complexity index is 1380. The molecule has 3 aromatic heterocycles. The number of benzene rings is 1. The van der Waals surface area contributed by atoms with Crippen molar-refractivity contribution in [2.24, 2.45) is 0 Å². The van der Waals surface area contributed by atoms with Crippen LogP contribution in [-0.4, -0.2) is 82.5 Å². The summed E-state index contributed by atoms with van der Waals surface area (Å²) >= 11 is 0. The molecule has 0 bridgehead atoms. The Morgan fingerprint density at radius 3 is 2.50 bits per heavy atom. The second kappa shape index (κ2) is 10.3. The number of anilines is 2. The second-order valence-corrected chi connectivity index (χ2v) is 9.05. The fourth-order valence-electron chi connectivity index (χ4n) is 4.24. The minimum Gasteiger partial charge on any atom is -0.378 e. The Hall–Kier alpha value is -4.02. The number of hydrogen-bond donors (Lipinski definition) is 1. The van der Waals surface area contributed by atoms with Crippen molar-refractivity contribution in [3.05, 3.63) is 54.5 Å². The van der Waals surface area contributed by atoms with Gasteiger partial charge in [-0.2, -0.15) is 0 Å². The summed E-state index contributed by atoms with van der Waals surface area (Å²) in [7, 11) is 3.79. The number of morpholine rings is 1. The van der Waals surface area contributed by atoms with Gasteiger partial charge in [-0.3, -0.25) is 9.78 Å². The highest BCUT2D eigenvalue weighted by Gasteiger charge is 2.20. The number of likely N-dealkylation sites (N-methyl/N-ethyl adjacent to an activating group) is 1. The van der Waals surface area contributed by atoms with Gasteiger partial charge < -0.3 is 20.3 Å². The molecule has 1 aliphatic heterocycles. The molecule has 2 N–H and O–H groups in total. The third-order valence-electron chi connectivity index (χ3n) is 5.91. The number of nitrogens with zero attached hydrogens (tertiary/aromatic N) is 7. The quantitative estimate of drug-likeness (QED) is 0.418. The number of nitrogens with two attached hydrogens (primary N) is 1. The molecule has 1 fully saturated rings. The van der Waals surface area contributed by atoms with Crippen LogP contribution in [0.5, 0.6) is 0 Å². The first-order valence-corrected chi connectivity index (χ1v) is 11.8. The number of carbonyl (C=O) groups excluding carboxylic acids is 1. The van der Waals surface area contributed by atoms with Gasteiger partial charge in [-0.25, -0.2) is 19.9 Å². The molecule has 1 saturated heterocycles. The number of Topliss-reactive ketones (excluding diaryl/α,β-unsaturated/α-hetero) is 1. The first-order chi connectivity index (χ1) is 17.5. The van der Waals surface area contributed by atoms with Crippen molar-refractivity contribution in [1.29, 1.82) is 0 Å². The first-order valence-electron chi connectivity index (χ1n) is 11.8. The third kappa shape index (κ3) is 5.29. The number of carbonyl (C=O) groups is 1. The molecule has 4 heterocycles. The lowest BCUT2D eigenvalue weighted by molar-refractivity contribution is -0.119. The molecule has 4 aromatic rings. The first kappa shape index (κ1) is 23.7. The van der Waals surface area contributed by atoms with E-state index in [1.165, 1.54) is 0 Å². The zero-order valence-corrected chi connectivity index (χ0v) is 20.4. The number of ether oxygens (including phenoxy) is 1. The monoisotopic (exact) mass is 484 g/mol. The van der Waals surface area contributed by atoms with Gasteiger partial charge in [0.1, 0.15) is 5.52 Å². The zero-order chi connectivity index (χ0) is 25.1. The molecular formula is C26H28N8O2. The molecule has 0 atom stereocenters. The normalized spacial score (nSPS) is 13.9. The van der Waals surface area contributed by atoms with E-state index in [2.05, 4.69) is 14.9 Å². The number of nitrogen functional groups attached to an aromatic ring is 1. The summed E-state index contributed by atoms with van der Waals surface area (Å²) < 4.78 is 5.53. The van der Waals surface area contributed by atoms with Crippen molar-refractivity contribution in [2.75, 3.05) is 57.6 Å². The number of rotatable bonds is 7. The highest BCUT2D eigenvalue weighted by atomic mass is 16.5. The predicted octanol–water partition coefficient (Wildman–Crippen LogP) is 2.24. The molecule has 0 unspecified atom stereocenters. The molecular weight excluding hydrogens is 456 g/mol. The number of hydrogen-bond acceptors (Lipinski definition) is 10. The molecule has 5 rings (SSSR count). The van der Waals surface area contributed by atoms with Gasteiger partial charge in [0.2, 0.25) is 5.95 Å². The predicted molar refractivity (Wildman–Crippen MR) is 139 cm³/mol. The van der Waals surface area contributed by atoms with Crippen molar-refractivity contribution < 1.29 is 9.53 Å². The van der Waals surface area contributed by atoms with Gasteiger partial charge in [-0.1, -0.05) is 24.3 Å². The average molecular weight is 485 g/mol. The fourth-order valence-corrected chi connectivity index (χ4v) is 4.24. The van der Waals surface area contributed by atoms with Gasteiger partial charge >= 0.3 is 0 Å². The van der Waals surface area contributed by atoms with Crippen LogP contribution in [0.4, 0.5) is 11.8 Å². The van der Waals surface area contributed by atoms with E-state index >= 15 is 0 Å². The Balaban J connectivity index is 1.55. The van der Waals surface area contributed by atoms with Crippen molar-refractivity contribution in [3.8, 4) is 22.5 Å². The van der Waals surface area contributed by atoms with Gasteiger partial charge in [-0.05, 0) is 31.3 Å². The standard InChI is InChI=1S/C26H28N8O2/c1-33(2)16-21(35)11-17-4-3-5-18(10-17)19-12-22-23(28-13-19)25(34-6-8-36-9-7-34)32-24(31-22)20-14-29-26(27)30-15-20/h3-5,10,12-15H,6-9,11,16H2,1-2H3,(H2,27,29,30). The fraction of sp³-hybridized carbons (Fsp3) is 0.308. The minimum atomic E-state index is 0.173. The van der Waals surface area contributed by atoms with Crippen molar-refractivity contribution in [2.45, 2.75) is 6.42 Å². The van der Waals surface area contributed by atoms with E-state index in [9.17, 15) is 4.79 Å². The highest BCUT2D eigenvalue weighted by Crippen LogP contribution is 2.30. The van der Waals surface area contributed by atoms with Gasteiger partial charge in [0.15, 0.2) is 17.4 Å². The Morgan fingerprint density at radius 1 is 1.00 bits per heavy atom. The van der Waals surface area contributed by atoms with E-state index in [1.54, 1.807) is 12.4 Å². The van der Waals surface area contributed by atoms with Gasteiger partial charge in [0.05, 0.1) is 30.8 Å². The Labute approximate surface area is 209 Å². The van der Waals surface area contributed by atoms with Crippen LogP contribution >= 0.6 is 0 Å². The summed E-state index contributed by atoms with van der Waals surface area (Å²) in [6.45, 7) is 3.11. The maximum absolute atomic E-state index is 12.3. The number of pyridine rings is 1. The van der Waals surface area contributed by atoms with Crippen LogP contribution in [0.3, 0.4) is 0 Å². The van der Waals surface area contributed by atoms with Gasteiger partial charge in [-0.15, -0.1) is 0 Å². The van der Waals surface area contributed by atoms with Crippen molar-refractivity contribution in [1.82, 2.24) is 29.8 Å². The van der Waals surface area contributed by atoms with Crippen LogP contribution < -0.4 is 10.6 Å². The van der Waals surface area contributed by atoms with E-state index in [4.69, 9.17) is 25.4 Å². The SMILES string of the molecule is CN(C)CC(=O)Cc1cccc(-c2cnc3c(N4CCOCC4)nc(-c4cnc(N)nc4)nc3c2)c1. The Morgan fingerprint density at radius 2 is 1.75 bits per heavy atom. The van der Waals surface area contributed by atoms with E-state index in [-0.39, 0.29) is 11.7 Å². The summed E-state index contributed by atoms with van der Waals surface area (Å²) in [6, 6.07) is 10.0. The molecule has 0 spiro atoms. The molecule has 184 valence electrons. The lowest BCUT2D eigenvalue weighted by Gasteiger charge is -2.28. The highest BCUT2D eigenvalue weighted by molar-refractivity contribution is 5.90. The van der Waals surface area contributed by atoms with E-state index in [0.717, 1.165) is 41.1 Å². The zero-order valence-electron chi connectivity index (χ0n) is 20.4. The van der Waals surface area contributed by atoms with Gasteiger partial charge in [0.25, 0.3) is 0 Å². The average Bonchev–Trinajstić information content (AvgIpc) is 2.88. The largest absolute Gasteiger partial charge is 0.378 e. The third-order valence-corrected chi connectivity index (χ3v) is 5.91. The van der Waals surface area contributed by atoms with Crippen LogP contribution in [0.2, 0.25) is 0 Å². The minimum absolute atomic E-state index is 0.173. The molecule has 0 saturated carbocycles. The molecule has 10 heteroatoms. The van der Waals surface area contributed by atoms with Crippen LogP contribution in [-0.2, 0) is 16.0 Å². The lowest BCUT2D eigenvalue weighted by Crippen LogP contribution is -2.37. The van der Waals surface area contributed by atoms with Crippen LogP contribution in [0.25, 0.3) is 33.5 Å². The maximum atomic E-state index is 12.3. The topological polar surface area (TPSA) is 123 Å². The Kier molecular flexibility index (Phi) is 6.79. The van der Waals surface area contributed by atoms with E-state index in [1.807, 2.05) is 55.5 Å². The molecule has 0 amide bonds. The molecule has 1 aromatic carbocycles. The summed E-state index contributed by atoms with van der Waals surface area (Å²) in [6.07, 6.45) is 5.47. The van der Waals surface area contributed by atoms with Crippen LogP contribution in [0.1, 0.15) is 5.56 Å². The van der Waals surface area contributed by atoms with E-state index in [0.29, 0.717) is 43.1 Å². The number of ketones is 1. The number of aromatic nitrogens is 5. The van der Waals surface area contributed by atoms with Gasteiger partial charge in [0, 0.05) is 43.7 Å². The van der Waals surface area contributed by atoms with Crippen LogP contribution in [0, 0.1) is 0 Å². The van der Waals surface area contributed by atoms with E-state index < -0.39 is 0 Å². The summed E-state index contributed by atoms with van der Waals surface area (Å²) in [5.41, 5.74) is 10.6. The number of fused-ring (bicyclic) bond motifs is 1. The maximum Gasteiger partial charge on any atom is 0.219 e. The molecule has 1 aliphatic rings. The smallest absolute Gasteiger partial charge is 0.219 e. The second-order valence-electron chi connectivity index (χ2n) is 9.05. The molecule has 10 nitrogen and oxygen atoms in total. The van der Waals surface area contributed by atoms with Crippen molar-refractivity contribution in [3.63, 3.8) is 0 Å². The summed E-state index contributed by atoms with van der Waals surface area (Å²) in [4.78, 5) is 39.0. The van der Waals surface area contributed by atoms with Crippen LogP contribution in [0.15, 0.2) is 48.9 Å². The summed E-state index contributed by atoms with van der Waals surface area (Å²) in [5, 5.41) is 0. The van der Waals surface area contributed by atoms with Crippen molar-refractivity contribution >= 4 is 28.6 Å². The molecule has 36 heavy (non-hydrogen) atoms. The lowest BCUT2D eigenvalue weighted by atomic mass is 10.0. The molecule has 0 radical (unpaired) electrons. The summed E-state index contributed by atoms with van der Waals surface area (Å²) in [5.74, 6) is 1.63.